The molecule has 2 aromatic rings. The lowest BCUT2D eigenvalue weighted by Crippen LogP contribution is -2.41. The van der Waals surface area contributed by atoms with Gasteiger partial charge in [-0.3, -0.25) is 0 Å². The molecule has 0 amide bonds. The van der Waals surface area contributed by atoms with Crippen molar-refractivity contribution in [1.82, 2.24) is 0 Å². The van der Waals surface area contributed by atoms with Gasteiger partial charge in [0.15, 0.2) is 0 Å². The summed E-state index contributed by atoms with van der Waals surface area (Å²) in [7, 11) is 0. The van der Waals surface area contributed by atoms with E-state index in [0.717, 1.165) is 28.4 Å². The lowest BCUT2D eigenvalue weighted by molar-refractivity contribution is 0.170. The van der Waals surface area contributed by atoms with E-state index in [1.165, 1.54) is 36.0 Å². The summed E-state index contributed by atoms with van der Waals surface area (Å²) in [5.41, 5.74) is 5.84. The fourth-order valence-electron chi connectivity index (χ4n) is 6.10. The normalized spacial score (nSPS) is 29.8. The molecule has 3 heteroatoms. The van der Waals surface area contributed by atoms with Crippen LogP contribution < -0.4 is 0 Å². The predicted molar refractivity (Wildman–Crippen MR) is 97.7 cm³/mol. The summed E-state index contributed by atoms with van der Waals surface area (Å²) >= 11 is 3.71. The van der Waals surface area contributed by atoms with Crippen LogP contribution in [0.2, 0.25) is 0 Å². The molecule has 0 bridgehead atoms. The lowest BCUT2D eigenvalue weighted by Gasteiger charge is -2.43. The summed E-state index contributed by atoms with van der Waals surface area (Å²) in [6.45, 7) is 2.15. The molecule has 0 heterocycles. The van der Waals surface area contributed by atoms with Gasteiger partial charge in [-0.15, -0.1) is 0 Å². The van der Waals surface area contributed by atoms with Crippen molar-refractivity contribution < 1.29 is 10.2 Å². The number of phenolic OH excluding ortho intramolecular Hbond substituents is 2. The Balaban J connectivity index is 1.91. The maximum atomic E-state index is 10.8. The molecular formula is C21H21BrO2. The quantitative estimate of drug-likeness (QED) is 0.671. The Morgan fingerprint density at radius 3 is 2.21 bits per heavy atom. The number of halogens is 1. The highest BCUT2D eigenvalue weighted by Gasteiger charge is 2.60. The fraction of sp³-hybridized carbons (Fsp3) is 0.429. The minimum Gasteiger partial charge on any atom is -0.508 e. The molecule has 3 aliphatic rings. The number of rotatable bonds is 0. The standard InChI is InChI=1S/C21H21BrO2/c1-11-5-7-17(23)19-14(11)9-12-3-2-4-13-10-15-16(22)6-8-18(24)20(15)21(12,13)19/h5-8,12-13,23-24H,2-4,9-10H2,1H3/t12-,13-,21?/m0/s1. The molecule has 124 valence electrons. The average molecular weight is 385 g/mol. The van der Waals surface area contributed by atoms with Crippen LogP contribution in [0.5, 0.6) is 11.5 Å². The minimum absolute atomic E-state index is 0.202. The molecule has 1 fully saturated rings. The van der Waals surface area contributed by atoms with Gasteiger partial charge in [0.25, 0.3) is 0 Å². The maximum Gasteiger partial charge on any atom is 0.120 e. The first kappa shape index (κ1) is 14.8. The molecule has 2 aromatic carbocycles. The second-order valence-electron chi connectivity index (χ2n) is 7.78. The van der Waals surface area contributed by atoms with Crippen LogP contribution in [0.1, 0.15) is 47.1 Å². The van der Waals surface area contributed by atoms with Crippen molar-refractivity contribution in [2.24, 2.45) is 11.8 Å². The van der Waals surface area contributed by atoms with Crippen molar-refractivity contribution in [3.05, 3.63) is 56.6 Å². The van der Waals surface area contributed by atoms with Gasteiger partial charge in [-0.1, -0.05) is 28.4 Å². The molecule has 24 heavy (non-hydrogen) atoms. The van der Waals surface area contributed by atoms with Gasteiger partial charge in [0.1, 0.15) is 11.5 Å². The van der Waals surface area contributed by atoms with Crippen LogP contribution >= 0.6 is 15.9 Å². The summed E-state index contributed by atoms with van der Waals surface area (Å²) in [6, 6.07) is 7.66. The highest BCUT2D eigenvalue weighted by atomic mass is 79.9. The van der Waals surface area contributed by atoms with Gasteiger partial charge >= 0.3 is 0 Å². The molecule has 3 atom stereocenters. The number of aryl methyl sites for hydroxylation is 1. The highest BCUT2D eigenvalue weighted by Crippen LogP contribution is 2.66. The summed E-state index contributed by atoms with van der Waals surface area (Å²) in [5.74, 6) is 1.78. The summed E-state index contributed by atoms with van der Waals surface area (Å²) in [5, 5.41) is 21.6. The Kier molecular flexibility index (Phi) is 2.96. The average Bonchev–Trinajstić information content (AvgIpc) is 3.10. The molecule has 3 aliphatic carbocycles. The Morgan fingerprint density at radius 2 is 1.50 bits per heavy atom. The number of hydrogen-bond donors (Lipinski definition) is 2. The Hall–Kier alpha value is -1.48. The third-order valence-corrected chi connectivity index (χ3v) is 7.62. The molecular weight excluding hydrogens is 364 g/mol. The van der Waals surface area contributed by atoms with Crippen LogP contribution in [0, 0.1) is 18.8 Å². The van der Waals surface area contributed by atoms with Gasteiger partial charge in [0.05, 0.1) is 0 Å². The van der Waals surface area contributed by atoms with Crippen molar-refractivity contribution in [3.63, 3.8) is 0 Å². The van der Waals surface area contributed by atoms with Gasteiger partial charge in [-0.25, -0.2) is 0 Å². The molecule has 1 unspecified atom stereocenters. The van der Waals surface area contributed by atoms with E-state index in [9.17, 15) is 10.2 Å². The minimum atomic E-state index is -0.202. The van der Waals surface area contributed by atoms with Crippen LogP contribution in [-0.4, -0.2) is 10.2 Å². The predicted octanol–water partition coefficient (Wildman–Crippen LogP) is 4.98. The van der Waals surface area contributed by atoms with Crippen LogP contribution in [0.4, 0.5) is 0 Å². The zero-order chi connectivity index (χ0) is 16.6. The van der Waals surface area contributed by atoms with E-state index in [-0.39, 0.29) is 5.41 Å². The smallest absolute Gasteiger partial charge is 0.120 e. The van der Waals surface area contributed by atoms with Gasteiger partial charge in [0, 0.05) is 21.0 Å². The molecule has 1 spiro atoms. The lowest BCUT2D eigenvalue weighted by atomic mass is 9.59. The molecule has 0 aliphatic heterocycles. The van der Waals surface area contributed by atoms with Crippen molar-refractivity contribution in [2.45, 2.75) is 44.4 Å². The van der Waals surface area contributed by atoms with Crippen molar-refractivity contribution in [2.75, 3.05) is 0 Å². The van der Waals surface area contributed by atoms with Crippen LogP contribution in [0.15, 0.2) is 28.7 Å². The van der Waals surface area contributed by atoms with Gasteiger partial charge < -0.3 is 10.2 Å². The van der Waals surface area contributed by atoms with Crippen LogP contribution in [0.25, 0.3) is 0 Å². The Labute approximate surface area is 150 Å². The third-order valence-electron chi connectivity index (χ3n) is 6.88. The fourth-order valence-corrected chi connectivity index (χ4v) is 6.59. The molecule has 2 N–H and O–H groups in total. The summed E-state index contributed by atoms with van der Waals surface area (Å²) in [6.07, 6.45) is 5.61. The van der Waals surface area contributed by atoms with E-state index >= 15 is 0 Å². The maximum absolute atomic E-state index is 10.8. The van der Waals surface area contributed by atoms with E-state index in [0.29, 0.717) is 23.3 Å². The number of hydrogen-bond acceptors (Lipinski definition) is 2. The first-order valence-electron chi connectivity index (χ1n) is 8.88. The van der Waals surface area contributed by atoms with E-state index in [4.69, 9.17) is 0 Å². The second-order valence-corrected chi connectivity index (χ2v) is 8.63. The molecule has 0 radical (unpaired) electrons. The highest BCUT2D eigenvalue weighted by molar-refractivity contribution is 9.10. The molecule has 2 nitrogen and oxygen atoms in total. The monoisotopic (exact) mass is 384 g/mol. The number of phenols is 2. The third kappa shape index (κ3) is 1.57. The molecule has 5 rings (SSSR count). The number of benzene rings is 2. The zero-order valence-electron chi connectivity index (χ0n) is 13.8. The van der Waals surface area contributed by atoms with Crippen LogP contribution in [-0.2, 0) is 18.3 Å². The summed E-state index contributed by atoms with van der Waals surface area (Å²) < 4.78 is 1.10. The summed E-state index contributed by atoms with van der Waals surface area (Å²) in [4.78, 5) is 0. The first-order valence-corrected chi connectivity index (χ1v) is 9.67. The number of aromatic hydroxyl groups is 2. The Morgan fingerprint density at radius 1 is 0.917 bits per heavy atom. The first-order chi connectivity index (χ1) is 11.5. The van der Waals surface area contributed by atoms with E-state index in [1.807, 2.05) is 24.3 Å². The van der Waals surface area contributed by atoms with Gasteiger partial charge in [0.2, 0.25) is 0 Å². The largest absolute Gasteiger partial charge is 0.508 e. The molecule has 1 saturated carbocycles. The van der Waals surface area contributed by atoms with Crippen molar-refractivity contribution >= 4 is 15.9 Å². The van der Waals surface area contributed by atoms with E-state index in [2.05, 4.69) is 22.9 Å². The van der Waals surface area contributed by atoms with Gasteiger partial charge in [-0.05, 0) is 79.3 Å². The van der Waals surface area contributed by atoms with Crippen LogP contribution in [0.3, 0.4) is 0 Å². The van der Waals surface area contributed by atoms with E-state index < -0.39 is 0 Å². The van der Waals surface area contributed by atoms with E-state index in [1.54, 1.807) is 0 Å². The van der Waals surface area contributed by atoms with Crippen molar-refractivity contribution in [3.8, 4) is 11.5 Å². The Bertz CT molecular complexity index is 799. The zero-order valence-corrected chi connectivity index (χ0v) is 15.4. The van der Waals surface area contributed by atoms with Crippen molar-refractivity contribution in [1.29, 1.82) is 0 Å². The topological polar surface area (TPSA) is 40.5 Å². The number of fused-ring (bicyclic) bond motifs is 2. The molecule has 0 saturated heterocycles. The second kappa shape index (κ2) is 4.78. The van der Waals surface area contributed by atoms with Gasteiger partial charge in [-0.2, -0.15) is 0 Å². The SMILES string of the molecule is Cc1ccc(O)c2c1C[C@@H]1CCC[C@H]3Cc4c(Br)ccc(O)c4C213. The molecule has 0 aromatic heterocycles.